The molecule has 0 fully saturated rings. The van der Waals surface area contributed by atoms with Crippen LogP contribution in [0.4, 0.5) is 13.2 Å². The number of rotatable bonds is 3. The van der Waals surface area contributed by atoms with Gasteiger partial charge in [0, 0.05) is 0 Å². The summed E-state index contributed by atoms with van der Waals surface area (Å²) in [6, 6.07) is 1.64. The molecule has 96 valence electrons. The summed E-state index contributed by atoms with van der Waals surface area (Å²) in [5, 5.41) is 9.35. The molecular formula is C11H13ClF3NO. The van der Waals surface area contributed by atoms with Crippen molar-refractivity contribution in [2.75, 3.05) is 6.54 Å². The summed E-state index contributed by atoms with van der Waals surface area (Å²) < 4.78 is 37.7. The van der Waals surface area contributed by atoms with Gasteiger partial charge in [0.25, 0.3) is 0 Å². The van der Waals surface area contributed by atoms with Gasteiger partial charge in [-0.3, -0.25) is 0 Å². The lowest BCUT2D eigenvalue weighted by Crippen LogP contribution is -2.09. The smallest absolute Gasteiger partial charge is 0.416 e. The molecule has 0 aliphatic rings. The van der Waals surface area contributed by atoms with Crippen molar-refractivity contribution in [1.29, 1.82) is 0 Å². The Morgan fingerprint density at radius 3 is 2.47 bits per heavy atom. The van der Waals surface area contributed by atoms with E-state index in [-0.39, 0.29) is 22.3 Å². The van der Waals surface area contributed by atoms with E-state index in [1.807, 2.05) is 0 Å². The first kappa shape index (κ1) is 14.1. The van der Waals surface area contributed by atoms with Gasteiger partial charge in [-0.15, -0.1) is 0 Å². The molecule has 17 heavy (non-hydrogen) atoms. The van der Waals surface area contributed by atoms with Gasteiger partial charge in [0.2, 0.25) is 0 Å². The number of nitrogens with two attached hydrogens (primary N) is 1. The maximum Gasteiger partial charge on any atom is 0.416 e. The van der Waals surface area contributed by atoms with E-state index in [9.17, 15) is 18.3 Å². The van der Waals surface area contributed by atoms with Gasteiger partial charge >= 0.3 is 6.18 Å². The quantitative estimate of drug-likeness (QED) is 0.880. The van der Waals surface area contributed by atoms with E-state index in [0.29, 0.717) is 13.0 Å². The van der Waals surface area contributed by atoms with Gasteiger partial charge in [0.05, 0.1) is 10.6 Å². The van der Waals surface area contributed by atoms with Crippen molar-refractivity contribution in [3.63, 3.8) is 0 Å². The summed E-state index contributed by atoms with van der Waals surface area (Å²) in [7, 11) is 0. The van der Waals surface area contributed by atoms with Crippen molar-refractivity contribution in [3.05, 3.63) is 28.3 Å². The number of alkyl halides is 3. The molecule has 1 atom stereocenters. The summed E-state index contributed by atoms with van der Waals surface area (Å²) in [5.74, 6) is -0.583. The number of hydrogen-bond acceptors (Lipinski definition) is 2. The predicted octanol–water partition coefficient (Wildman–Crippen LogP) is 3.52. The highest BCUT2D eigenvalue weighted by Crippen LogP contribution is 2.40. The summed E-state index contributed by atoms with van der Waals surface area (Å²) in [6.45, 7) is 2.02. The maximum atomic E-state index is 12.6. The monoisotopic (exact) mass is 267 g/mol. The third kappa shape index (κ3) is 3.26. The van der Waals surface area contributed by atoms with Crippen molar-refractivity contribution in [2.45, 2.75) is 25.4 Å². The van der Waals surface area contributed by atoms with Crippen LogP contribution in [-0.4, -0.2) is 11.7 Å². The molecule has 0 saturated heterocycles. The average Bonchev–Trinajstić information content (AvgIpc) is 2.20. The second-order valence-electron chi connectivity index (χ2n) is 3.87. The fourth-order valence-corrected chi connectivity index (χ4v) is 1.79. The van der Waals surface area contributed by atoms with Crippen LogP contribution in [0, 0.1) is 0 Å². The fourth-order valence-electron chi connectivity index (χ4n) is 1.57. The summed E-state index contributed by atoms with van der Waals surface area (Å²) >= 11 is 5.59. The molecule has 1 aromatic rings. The molecule has 0 radical (unpaired) electrons. The third-order valence-electron chi connectivity index (χ3n) is 2.55. The molecule has 1 aromatic carbocycles. The van der Waals surface area contributed by atoms with Gasteiger partial charge < -0.3 is 10.8 Å². The van der Waals surface area contributed by atoms with E-state index >= 15 is 0 Å². The number of halogens is 4. The molecule has 0 spiro atoms. The predicted molar refractivity (Wildman–Crippen MR) is 60.2 cm³/mol. The average molecular weight is 268 g/mol. The first-order chi connectivity index (χ1) is 7.77. The lowest BCUT2D eigenvalue weighted by atomic mass is 9.95. The molecular weight excluding hydrogens is 255 g/mol. The van der Waals surface area contributed by atoms with Crippen LogP contribution in [-0.2, 0) is 6.18 Å². The molecule has 0 aromatic heterocycles. The molecule has 0 heterocycles. The first-order valence-electron chi connectivity index (χ1n) is 5.07. The molecule has 1 unspecified atom stereocenters. The van der Waals surface area contributed by atoms with E-state index in [1.165, 1.54) is 0 Å². The van der Waals surface area contributed by atoms with Crippen LogP contribution in [0.15, 0.2) is 12.1 Å². The van der Waals surface area contributed by atoms with Gasteiger partial charge in [-0.2, -0.15) is 13.2 Å². The molecule has 0 bridgehead atoms. The molecule has 1 rings (SSSR count). The number of phenols is 1. The standard InChI is InChI=1S/C11H13ClF3NO/c1-6(2-3-16)8-4-7(11(13,14)15)5-9(12)10(8)17/h4-6,17H,2-3,16H2,1H3. The van der Waals surface area contributed by atoms with E-state index in [0.717, 1.165) is 12.1 Å². The van der Waals surface area contributed by atoms with Gasteiger partial charge in [0.1, 0.15) is 5.75 Å². The van der Waals surface area contributed by atoms with Crippen LogP contribution in [0.1, 0.15) is 30.4 Å². The van der Waals surface area contributed by atoms with Crippen molar-refractivity contribution < 1.29 is 18.3 Å². The molecule has 0 amide bonds. The highest BCUT2D eigenvalue weighted by Gasteiger charge is 2.32. The highest BCUT2D eigenvalue weighted by molar-refractivity contribution is 6.32. The first-order valence-corrected chi connectivity index (χ1v) is 5.44. The van der Waals surface area contributed by atoms with E-state index in [2.05, 4.69) is 0 Å². The lowest BCUT2D eigenvalue weighted by molar-refractivity contribution is -0.137. The Labute approximate surface area is 102 Å². The minimum absolute atomic E-state index is 0.176. The molecule has 0 saturated carbocycles. The molecule has 0 aliphatic heterocycles. The Morgan fingerprint density at radius 1 is 1.41 bits per heavy atom. The molecule has 2 nitrogen and oxygen atoms in total. The van der Waals surface area contributed by atoms with Crippen LogP contribution >= 0.6 is 11.6 Å². The number of hydrogen-bond donors (Lipinski definition) is 2. The van der Waals surface area contributed by atoms with Crippen molar-refractivity contribution in [3.8, 4) is 5.75 Å². The Balaban J connectivity index is 3.25. The topological polar surface area (TPSA) is 46.2 Å². The summed E-state index contributed by atoms with van der Waals surface area (Å²) in [6.07, 6.45) is -4.00. The number of phenolic OH excluding ortho intramolecular Hbond substituents is 1. The second kappa shape index (κ2) is 5.14. The lowest BCUT2D eigenvalue weighted by Gasteiger charge is -2.16. The van der Waals surface area contributed by atoms with E-state index in [4.69, 9.17) is 17.3 Å². The zero-order valence-electron chi connectivity index (χ0n) is 9.18. The van der Waals surface area contributed by atoms with Crippen LogP contribution < -0.4 is 5.73 Å². The van der Waals surface area contributed by atoms with Gasteiger partial charge in [-0.05, 0) is 36.6 Å². The molecule has 6 heteroatoms. The van der Waals surface area contributed by atoms with Gasteiger partial charge in [0.15, 0.2) is 0 Å². The third-order valence-corrected chi connectivity index (χ3v) is 2.84. The van der Waals surface area contributed by atoms with Gasteiger partial charge in [-0.1, -0.05) is 18.5 Å². The summed E-state index contributed by atoms with van der Waals surface area (Å²) in [5.41, 5.74) is 4.66. The normalized spacial score (nSPS) is 13.8. The minimum atomic E-state index is -4.48. The number of aromatic hydroxyl groups is 1. The summed E-state index contributed by atoms with van der Waals surface area (Å²) in [4.78, 5) is 0. The fraction of sp³-hybridized carbons (Fsp3) is 0.455. The zero-order chi connectivity index (χ0) is 13.2. The van der Waals surface area contributed by atoms with E-state index in [1.54, 1.807) is 6.92 Å². The van der Waals surface area contributed by atoms with Crippen molar-refractivity contribution in [2.24, 2.45) is 5.73 Å². The SMILES string of the molecule is CC(CCN)c1cc(C(F)(F)F)cc(Cl)c1O. The van der Waals surface area contributed by atoms with Crippen molar-refractivity contribution >= 4 is 11.6 Å². The van der Waals surface area contributed by atoms with Crippen LogP contribution in [0.5, 0.6) is 5.75 Å². The largest absolute Gasteiger partial charge is 0.506 e. The van der Waals surface area contributed by atoms with Gasteiger partial charge in [-0.25, -0.2) is 0 Å². The second-order valence-corrected chi connectivity index (χ2v) is 4.28. The Morgan fingerprint density at radius 2 is 2.00 bits per heavy atom. The zero-order valence-corrected chi connectivity index (χ0v) is 9.94. The molecule has 0 aliphatic carbocycles. The van der Waals surface area contributed by atoms with Crippen LogP contribution in [0.3, 0.4) is 0 Å². The van der Waals surface area contributed by atoms with Crippen LogP contribution in [0.2, 0.25) is 5.02 Å². The molecule has 3 N–H and O–H groups in total. The van der Waals surface area contributed by atoms with Crippen LogP contribution in [0.25, 0.3) is 0 Å². The van der Waals surface area contributed by atoms with E-state index < -0.39 is 11.7 Å². The van der Waals surface area contributed by atoms with Crippen molar-refractivity contribution in [1.82, 2.24) is 0 Å². The highest BCUT2D eigenvalue weighted by atomic mass is 35.5. The minimum Gasteiger partial charge on any atom is -0.506 e. The Bertz CT molecular complexity index is 406. The Kier molecular flexibility index (Phi) is 4.27. The number of benzene rings is 1. The Hall–Kier alpha value is -0.940. The maximum absolute atomic E-state index is 12.6.